The van der Waals surface area contributed by atoms with Crippen LogP contribution in [0.4, 0.5) is 11.4 Å². The molecule has 0 bridgehead atoms. The van der Waals surface area contributed by atoms with Gasteiger partial charge in [0, 0.05) is 29.3 Å². The molecule has 4 aromatic rings. The molecule has 4 rings (SSSR count). The van der Waals surface area contributed by atoms with E-state index in [9.17, 15) is 13.2 Å². The molecule has 0 fully saturated rings. The Balaban J connectivity index is 1.46. The number of nitrogens with zero attached hydrogens (tertiary/aromatic N) is 2. The predicted octanol–water partition coefficient (Wildman–Crippen LogP) is 4.69. The molecule has 0 aliphatic carbocycles. The molecule has 2 aromatic carbocycles. The van der Waals surface area contributed by atoms with Crippen LogP contribution in [0.15, 0.2) is 82.6 Å². The summed E-state index contributed by atoms with van der Waals surface area (Å²) in [6.45, 7) is 1.83. The molecule has 32 heavy (non-hydrogen) atoms. The number of anilines is 2. The van der Waals surface area contributed by atoms with Crippen molar-refractivity contribution in [2.45, 2.75) is 11.1 Å². The van der Waals surface area contributed by atoms with Crippen molar-refractivity contribution in [2.75, 3.05) is 10.0 Å². The Morgan fingerprint density at radius 1 is 1.00 bits per heavy atom. The second kappa shape index (κ2) is 9.16. The lowest BCUT2D eigenvalue weighted by Crippen LogP contribution is -2.15. The Morgan fingerprint density at radius 2 is 1.81 bits per heavy atom. The van der Waals surface area contributed by atoms with Crippen molar-refractivity contribution in [2.24, 2.45) is 0 Å². The van der Waals surface area contributed by atoms with Crippen LogP contribution in [0.2, 0.25) is 0 Å². The minimum atomic E-state index is -3.70. The van der Waals surface area contributed by atoms with E-state index in [2.05, 4.69) is 20.0 Å². The minimum Gasteiger partial charge on any atom is -0.424 e. The molecule has 0 spiro atoms. The number of amides is 1. The molecule has 2 heterocycles. The summed E-state index contributed by atoms with van der Waals surface area (Å²) < 4.78 is 33.1. The van der Waals surface area contributed by atoms with E-state index in [4.69, 9.17) is 4.74 Å². The van der Waals surface area contributed by atoms with E-state index in [0.717, 1.165) is 16.9 Å². The highest BCUT2D eigenvalue weighted by Gasteiger charge is 2.16. The zero-order valence-corrected chi connectivity index (χ0v) is 18.5. The highest BCUT2D eigenvalue weighted by molar-refractivity contribution is 7.94. The average molecular weight is 467 g/mol. The van der Waals surface area contributed by atoms with Gasteiger partial charge in [0.1, 0.15) is 9.96 Å². The SMILES string of the molecule is Cc1cc(Oc2ncccn2)ccc1NC(=O)c1cccc(NS(=O)(=O)c2cccs2)c1. The minimum absolute atomic E-state index is 0.200. The summed E-state index contributed by atoms with van der Waals surface area (Å²) in [5, 5.41) is 4.52. The normalized spacial score (nSPS) is 11.0. The van der Waals surface area contributed by atoms with Crippen molar-refractivity contribution in [1.82, 2.24) is 9.97 Å². The molecule has 0 atom stereocenters. The Bertz CT molecular complexity index is 1340. The fourth-order valence-electron chi connectivity index (χ4n) is 2.82. The van der Waals surface area contributed by atoms with Crippen LogP contribution in [-0.2, 0) is 10.0 Å². The molecule has 0 radical (unpaired) electrons. The van der Waals surface area contributed by atoms with Gasteiger partial charge in [-0.1, -0.05) is 12.1 Å². The summed E-state index contributed by atoms with van der Waals surface area (Å²) in [5.74, 6) is 0.169. The van der Waals surface area contributed by atoms with E-state index < -0.39 is 10.0 Å². The summed E-state index contributed by atoms with van der Waals surface area (Å²) >= 11 is 1.12. The van der Waals surface area contributed by atoms with Crippen LogP contribution in [0.1, 0.15) is 15.9 Å². The fraction of sp³-hybridized carbons (Fsp3) is 0.0455. The Labute approximate surface area is 189 Å². The first-order chi connectivity index (χ1) is 15.4. The zero-order valence-electron chi connectivity index (χ0n) is 16.8. The second-order valence-electron chi connectivity index (χ2n) is 6.68. The maximum Gasteiger partial charge on any atom is 0.321 e. The zero-order chi connectivity index (χ0) is 22.6. The smallest absolute Gasteiger partial charge is 0.321 e. The van der Waals surface area contributed by atoms with E-state index in [1.807, 2.05) is 6.92 Å². The van der Waals surface area contributed by atoms with Crippen molar-refractivity contribution < 1.29 is 17.9 Å². The average Bonchev–Trinajstić information content (AvgIpc) is 3.32. The molecular formula is C22H18N4O4S2. The van der Waals surface area contributed by atoms with Crippen LogP contribution >= 0.6 is 11.3 Å². The maximum absolute atomic E-state index is 12.8. The number of benzene rings is 2. The number of rotatable bonds is 7. The van der Waals surface area contributed by atoms with E-state index in [1.54, 1.807) is 66.3 Å². The number of ether oxygens (including phenoxy) is 1. The summed E-state index contributed by atoms with van der Waals surface area (Å²) in [4.78, 5) is 20.8. The fourth-order valence-corrected chi connectivity index (χ4v) is 4.87. The summed E-state index contributed by atoms with van der Waals surface area (Å²) in [6, 6.07) is 16.6. The number of aryl methyl sites for hydroxylation is 1. The molecule has 0 saturated carbocycles. The number of hydrogen-bond donors (Lipinski definition) is 2. The predicted molar refractivity (Wildman–Crippen MR) is 123 cm³/mol. The first kappa shape index (κ1) is 21.5. The van der Waals surface area contributed by atoms with Crippen LogP contribution in [0.25, 0.3) is 0 Å². The third kappa shape index (κ3) is 5.10. The lowest BCUT2D eigenvalue weighted by Gasteiger charge is -2.12. The lowest BCUT2D eigenvalue weighted by atomic mass is 10.1. The van der Waals surface area contributed by atoms with Crippen molar-refractivity contribution in [3.8, 4) is 11.8 Å². The number of sulfonamides is 1. The number of thiophene rings is 1. The van der Waals surface area contributed by atoms with Crippen molar-refractivity contribution >= 4 is 38.6 Å². The van der Waals surface area contributed by atoms with Crippen LogP contribution in [0.5, 0.6) is 11.8 Å². The molecule has 2 aromatic heterocycles. The summed E-state index contributed by atoms with van der Waals surface area (Å²) in [5.41, 5.74) is 1.99. The lowest BCUT2D eigenvalue weighted by molar-refractivity contribution is 0.102. The van der Waals surface area contributed by atoms with Crippen LogP contribution in [0.3, 0.4) is 0 Å². The molecule has 10 heteroatoms. The van der Waals surface area contributed by atoms with Crippen molar-refractivity contribution in [3.63, 3.8) is 0 Å². The van der Waals surface area contributed by atoms with Gasteiger partial charge in [-0.3, -0.25) is 9.52 Å². The molecule has 0 saturated heterocycles. The topological polar surface area (TPSA) is 110 Å². The largest absolute Gasteiger partial charge is 0.424 e. The van der Waals surface area contributed by atoms with Gasteiger partial charge in [-0.05, 0) is 66.4 Å². The van der Waals surface area contributed by atoms with Gasteiger partial charge < -0.3 is 10.1 Å². The Hall–Kier alpha value is -3.76. The van der Waals surface area contributed by atoms with Crippen molar-refractivity contribution in [3.05, 3.63) is 89.6 Å². The van der Waals surface area contributed by atoms with Gasteiger partial charge in [0.15, 0.2) is 0 Å². The highest BCUT2D eigenvalue weighted by Crippen LogP contribution is 2.25. The van der Waals surface area contributed by atoms with E-state index in [0.29, 0.717) is 22.7 Å². The van der Waals surface area contributed by atoms with Crippen LogP contribution < -0.4 is 14.8 Å². The van der Waals surface area contributed by atoms with Gasteiger partial charge in [-0.2, -0.15) is 0 Å². The number of aromatic nitrogens is 2. The number of hydrogen-bond acceptors (Lipinski definition) is 7. The maximum atomic E-state index is 12.8. The molecule has 8 nitrogen and oxygen atoms in total. The van der Waals surface area contributed by atoms with Crippen LogP contribution in [-0.4, -0.2) is 24.3 Å². The van der Waals surface area contributed by atoms with Gasteiger partial charge >= 0.3 is 6.01 Å². The summed E-state index contributed by atoms with van der Waals surface area (Å²) in [6.07, 6.45) is 3.16. The van der Waals surface area contributed by atoms with Gasteiger partial charge in [-0.25, -0.2) is 18.4 Å². The van der Waals surface area contributed by atoms with Gasteiger partial charge in [0.25, 0.3) is 15.9 Å². The van der Waals surface area contributed by atoms with E-state index in [1.165, 1.54) is 12.1 Å². The molecule has 1 amide bonds. The third-order valence-electron chi connectivity index (χ3n) is 4.33. The summed E-state index contributed by atoms with van der Waals surface area (Å²) in [7, 11) is -3.70. The van der Waals surface area contributed by atoms with Crippen molar-refractivity contribution in [1.29, 1.82) is 0 Å². The number of carbonyl (C=O) groups is 1. The number of carbonyl (C=O) groups excluding carboxylic acids is 1. The van der Waals surface area contributed by atoms with Gasteiger partial charge in [-0.15, -0.1) is 11.3 Å². The monoisotopic (exact) mass is 466 g/mol. The Morgan fingerprint density at radius 3 is 2.53 bits per heavy atom. The van der Waals surface area contributed by atoms with E-state index >= 15 is 0 Å². The first-order valence-corrected chi connectivity index (χ1v) is 11.8. The second-order valence-corrected chi connectivity index (χ2v) is 9.54. The quantitative estimate of drug-likeness (QED) is 0.409. The van der Waals surface area contributed by atoms with Gasteiger partial charge in [0.05, 0.1) is 0 Å². The van der Waals surface area contributed by atoms with E-state index in [-0.39, 0.29) is 16.1 Å². The molecule has 0 aliphatic rings. The molecule has 0 aliphatic heterocycles. The highest BCUT2D eigenvalue weighted by atomic mass is 32.2. The molecule has 162 valence electrons. The van der Waals surface area contributed by atoms with Crippen LogP contribution in [0, 0.1) is 6.92 Å². The van der Waals surface area contributed by atoms with Gasteiger partial charge in [0.2, 0.25) is 0 Å². The Kier molecular flexibility index (Phi) is 6.15. The molecule has 2 N–H and O–H groups in total. The molecule has 0 unspecified atom stereocenters. The number of nitrogens with one attached hydrogen (secondary N) is 2. The standard InChI is InChI=1S/C22H18N4O4S2/c1-15-13-18(30-22-23-10-4-11-24-22)8-9-19(15)25-21(27)16-5-2-6-17(14-16)26-32(28,29)20-7-3-12-31-20/h2-14,26H,1H3,(H,25,27). The first-order valence-electron chi connectivity index (χ1n) is 9.44. The third-order valence-corrected chi connectivity index (χ3v) is 7.11. The molecular weight excluding hydrogens is 448 g/mol.